The van der Waals surface area contributed by atoms with Crippen LogP contribution in [0, 0.1) is 5.82 Å². The summed E-state index contributed by atoms with van der Waals surface area (Å²) in [5.74, 6) is -0.878. The number of nitrogens with zero attached hydrogens (tertiary/aromatic N) is 3. The molecule has 0 saturated carbocycles. The number of amides is 1. The van der Waals surface area contributed by atoms with E-state index in [1.165, 1.54) is 23.9 Å². The molecule has 1 saturated heterocycles. The fourth-order valence-electron chi connectivity index (χ4n) is 2.59. The van der Waals surface area contributed by atoms with E-state index in [2.05, 4.69) is 33.3 Å². The molecule has 24 heavy (non-hydrogen) atoms. The Bertz CT molecular complexity index is 765. The van der Waals surface area contributed by atoms with Crippen molar-refractivity contribution in [3.05, 3.63) is 59.3 Å². The maximum atomic E-state index is 13.6. The van der Waals surface area contributed by atoms with Crippen LogP contribution in [0.2, 0.25) is 0 Å². The van der Waals surface area contributed by atoms with Gasteiger partial charge in [-0.25, -0.2) is 14.4 Å². The number of carbonyl (C=O) groups excluding carboxylic acids is 1. The number of likely N-dealkylation sites (tertiary alicyclic amines) is 1. The number of anilines is 1. The van der Waals surface area contributed by atoms with Crippen molar-refractivity contribution in [1.29, 1.82) is 0 Å². The summed E-state index contributed by atoms with van der Waals surface area (Å²) >= 11 is 0. The lowest BCUT2D eigenvalue weighted by Crippen LogP contribution is -2.26. The normalized spacial score (nSPS) is 15.2. The third-order valence-corrected chi connectivity index (χ3v) is 3.97. The topological polar surface area (TPSA) is 58.1 Å². The van der Waals surface area contributed by atoms with E-state index in [0.29, 0.717) is 5.82 Å². The molecule has 124 valence electrons. The van der Waals surface area contributed by atoms with Crippen LogP contribution < -0.4 is 5.32 Å². The first-order chi connectivity index (χ1) is 11.6. The van der Waals surface area contributed by atoms with Gasteiger partial charge in [0.15, 0.2) is 11.5 Å². The third-order valence-electron chi connectivity index (χ3n) is 3.97. The maximum Gasteiger partial charge on any atom is 0.278 e. The monoisotopic (exact) mass is 326 g/mol. The lowest BCUT2D eigenvalue weighted by atomic mass is 10.0. The van der Waals surface area contributed by atoms with Gasteiger partial charge < -0.3 is 10.2 Å². The van der Waals surface area contributed by atoms with Gasteiger partial charge in [-0.05, 0) is 50.2 Å². The molecule has 0 bridgehead atoms. The number of halogens is 1. The minimum absolute atomic E-state index is 0.238. The first-order valence-corrected chi connectivity index (χ1v) is 7.89. The highest BCUT2D eigenvalue weighted by molar-refractivity contribution is 6.02. The van der Waals surface area contributed by atoms with Crippen molar-refractivity contribution in [2.24, 2.45) is 0 Å². The number of pyridine rings is 2. The summed E-state index contributed by atoms with van der Waals surface area (Å²) in [6, 6.07) is 8.03. The second-order valence-corrected chi connectivity index (χ2v) is 5.84. The van der Waals surface area contributed by atoms with Crippen LogP contribution in [-0.2, 0) is 0 Å². The lowest BCUT2D eigenvalue weighted by molar-refractivity contribution is 0.101. The van der Waals surface area contributed by atoms with Gasteiger partial charge in [-0.1, -0.05) is 11.6 Å². The molecule has 3 heterocycles. The number of hydrogen-bond donors (Lipinski definition) is 1. The molecule has 5 nitrogen and oxygen atoms in total. The SMILES string of the molecule is CN1CCC(=Cc2cccc(NC(=O)c3ncccc3F)n2)CC1. The molecule has 0 atom stereocenters. The molecule has 0 aromatic carbocycles. The number of aromatic nitrogens is 2. The molecule has 1 aliphatic rings. The lowest BCUT2D eigenvalue weighted by Gasteiger charge is -2.23. The zero-order valence-electron chi connectivity index (χ0n) is 13.5. The van der Waals surface area contributed by atoms with Crippen LogP contribution in [0.1, 0.15) is 29.0 Å². The van der Waals surface area contributed by atoms with Crippen LogP contribution in [0.4, 0.5) is 10.2 Å². The summed E-state index contributed by atoms with van der Waals surface area (Å²) in [7, 11) is 2.11. The highest BCUT2D eigenvalue weighted by Crippen LogP contribution is 2.18. The highest BCUT2D eigenvalue weighted by atomic mass is 19.1. The Balaban J connectivity index is 1.73. The first-order valence-electron chi connectivity index (χ1n) is 7.89. The summed E-state index contributed by atoms with van der Waals surface area (Å²) in [6.07, 6.45) is 5.48. The van der Waals surface area contributed by atoms with Crippen molar-refractivity contribution >= 4 is 17.8 Å². The van der Waals surface area contributed by atoms with E-state index in [4.69, 9.17) is 0 Å². The average Bonchev–Trinajstić information content (AvgIpc) is 2.58. The van der Waals surface area contributed by atoms with E-state index in [0.717, 1.165) is 31.6 Å². The second-order valence-electron chi connectivity index (χ2n) is 5.84. The smallest absolute Gasteiger partial charge is 0.278 e. The van der Waals surface area contributed by atoms with Crippen molar-refractivity contribution in [1.82, 2.24) is 14.9 Å². The molecule has 6 heteroatoms. The summed E-state index contributed by atoms with van der Waals surface area (Å²) in [4.78, 5) is 22.6. The van der Waals surface area contributed by atoms with Crippen molar-refractivity contribution in [2.45, 2.75) is 12.8 Å². The quantitative estimate of drug-likeness (QED) is 0.942. The number of hydrogen-bond acceptors (Lipinski definition) is 4. The van der Waals surface area contributed by atoms with Crippen molar-refractivity contribution in [3.8, 4) is 0 Å². The van der Waals surface area contributed by atoms with Crippen molar-refractivity contribution < 1.29 is 9.18 Å². The average molecular weight is 326 g/mol. The molecule has 0 spiro atoms. The molecular formula is C18H19FN4O. The summed E-state index contributed by atoms with van der Waals surface area (Å²) in [5.41, 5.74) is 1.90. The van der Waals surface area contributed by atoms with Gasteiger partial charge in [0.1, 0.15) is 5.82 Å². The van der Waals surface area contributed by atoms with Gasteiger partial charge in [0, 0.05) is 19.3 Å². The van der Waals surface area contributed by atoms with E-state index in [1.807, 2.05) is 12.1 Å². The minimum Gasteiger partial charge on any atom is -0.306 e. The van der Waals surface area contributed by atoms with Gasteiger partial charge in [-0.15, -0.1) is 0 Å². The zero-order chi connectivity index (χ0) is 16.9. The predicted molar refractivity (Wildman–Crippen MR) is 91.1 cm³/mol. The molecular weight excluding hydrogens is 307 g/mol. The van der Waals surface area contributed by atoms with Gasteiger partial charge in [-0.3, -0.25) is 4.79 Å². The Kier molecular flexibility index (Phi) is 4.96. The van der Waals surface area contributed by atoms with Crippen LogP contribution in [0.15, 0.2) is 42.1 Å². The largest absolute Gasteiger partial charge is 0.306 e. The highest BCUT2D eigenvalue weighted by Gasteiger charge is 2.14. The van der Waals surface area contributed by atoms with Crippen LogP contribution in [-0.4, -0.2) is 40.9 Å². The van der Waals surface area contributed by atoms with Crippen LogP contribution >= 0.6 is 0 Å². The molecule has 1 aliphatic heterocycles. The van der Waals surface area contributed by atoms with Gasteiger partial charge in [0.05, 0.1) is 5.69 Å². The Labute approximate surface area is 140 Å². The Morgan fingerprint density at radius 1 is 1.25 bits per heavy atom. The molecule has 2 aromatic rings. The molecule has 3 rings (SSSR count). The Hall–Kier alpha value is -2.60. The van der Waals surface area contributed by atoms with E-state index in [-0.39, 0.29) is 5.69 Å². The summed E-state index contributed by atoms with van der Waals surface area (Å²) in [5, 5.41) is 2.59. The summed E-state index contributed by atoms with van der Waals surface area (Å²) < 4.78 is 13.6. The van der Waals surface area contributed by atoms with E-state index in [9.17, 15) is 9.18 Å². The predicted octanol–water partition coefficient (Wildman–Crippen LogP) is 2.98. The molecule has 1 amide bonds. The van der Waals surface area contributed by atoms with Crippen LogP contribution in [0.5, 0.6) is 0 Å². The van der Waals surface area contributed by atoms with Gasteiger partial charge in [0.25, 0.3) is 5.91 Å². The second kappa shape index (κ2) is 7.31. The number of rotatable bonds is 3. The standard InChI is InChI=1S/C18H19FN4O/c1-23-10-7-13(8-11-23)12-14-4-2-6-16(21-14)22-18(24)17-15(19)5-3-9-20-17/h2-6,9,12H,7-8,10-11H2,1H3,(H,21,22,24). The molecule has 1 N–H and O–H groups in total. The molecule has 0 radical (unpaired) electrons. The molecule has 0 unspecified atom stereocenters. The first kappa shape index (κ1) is 16.3. The Morgan fingerprint density at radius 3 is 2.79 bits per heavy atom. The van der Waals surface area contributed by atoms with E-state index in [1.54, 1.807) is 6.07 Å². The molecule has 2 aromatic heterocycles. The fourth-order valence-corrected chi connectivity index (χ4v) is 2.59. The molecule has 0 aliphatic carbocycles. The Morgan fingerprint density at radius 2 is 2.04 bits per heavy atom. The van der Waals surface area contributed by atoms with Crippen molar-refractivity contribution in [3.63, 3.8) is 0 Å². The van der Waals surface area contributed by atoms with Gasteiger partial charge in [0.2, 0.25) is 0 Å². The maximum absolute atomic E-state index is 13.6. The van der Waals surface area contributed by atoms with Gasteiger partial charge >= 0.3 is 0 Å². The number of nitrogens with one attached hydrogen (secondary N) is 1. The van der Waals surface area contributed by atoms with E-state index >= 15 is 0 Å². The van der Waals surface area contributed by atoms with Gasteiger partial charge in [-0.2, -0.15) is 0 Å². The number of carbonyl (C=O) groups is 1. The zero-order valence-corrected chi connectivity index (χ0v) is 13.5. The van der Waals surface area contributed by atoms with Crippen LogP contribution in [0.25, 0.3) is 6.08 Å². The fraction of sp³-hybridized carbons (Fsp3) is 0.278. The molecule has 1 fully saturated rings. The van der Waals surface area contributed by atoms with E-state index < -0.39 is 11.7 Å². The minimum atomic E-state index is -0.653. The van der Waals surface area contributed by atoms with Crippen LogP contribution in [0.3, 0.4) is 0 Å². The third kappa shape index (κ3) is 4.02. The summed E-state index contributed by atoms with van der Waals surface area (Å²) in [6.45, 7) is 2.09. The van der Waals surface area contributed by atoms with Crippen molar-refractivity contribution in [2.75, 3.05) is 25.5 Å². The number of piperidine rings is 1.